The highest BCUT2D eigenvalue weighted by atomic mass is 16.4. The van der Waals surface area contributed by atoms with Gasteiger partial charge in [0.05, 0.1) is 6.61 Å². The normalized spacial score (nSPS) is 26.0. The number of hydrogen-bond acceptors (Lipinski definition) is 5. The Labute approximate surface area is 73.1 Å². The number of carbonyl (C=O) groups is 1. The van der Waals surface area contributed by atoms with E-state index in [-0.39, 0.29) is 6.29 Å². The predicted octanol–water partition coefficient (Wildman–Crippen LogP) is -1.96. The van der Waals surface area contributed by atoms with Gasteiger partial charge in [-0.1, -0.05) is 0 Å². The monoisotopic (exact) mass is 180 g/mol. The standard InChI is InChI=1S/C7H14O5/c1-6(11,4-9)7(2,12)5(10)3-8/h4-5,8,10-12H,3H2,1-2H3/t5-,6+,7+/m1/s1/i1D,2D. The Bertz CT molecular complexity index is 203. The second kappa shape index (κ2) is 3.49. The van der Waals surface area contributed by atoms with Gasteiger partial charge in [0.2, 0.25) is 0 Å². The molecule has 0 aliphatic rings. The van der Waals surface area contributed by atoms with Crippen LogP contribution in [0.4, 0.5) is 0 Å². The van der Waals surface area contributed by atoms with Crippen molar-refractivity contribution in [1.29, 1.82) is 0 Å². The van der Waals surface area contributed by atoms with Gasteiger partial charge >= 0.3 is 0 Å². The molecule has 0 amide bonds. The molecule has 5 nitrogen and oxygen atoms in total. The van der Waals surface area contributed by atoms with Gasteiger partial charge in [-0.25, -0.2) is 0 Å². The molecule has 0 bridgehead atoms. The zero-order chi connectivity index (χ0) is 11.4. The van der Waals surface area contributed by atoms with Crippen LogP contribution in [0.15, 0.2) is 0 Å². The first-order valence-electron chi connectivity index (χ1n) is 4.61. The molecule has 0 saturated carbocycles. The lowest BCUT2D eigenvalue weighted by atomic mass is 9.83. The van der Waals surface area contributed by atoms with Crippen LogP contribution >= 0.6 is 0 Å². The maximum absolute atomic E-state index is 10.5. The number of carbonyl (C=O) groups excluding carboxylic acids is 1. The fraction of sp³-hybridized carbons (Fsp3) is 0.857. The first-order valence-corrected chi connectivity index (χ1v) is 3.20. The van der Waals surface area contributed by atoms with Crippen LogP contribution in [0.3, 0.4) is 0 Å². The van der Waals surface area contributed by atoms with Crippen LogP contribution in [-0.2, 0) is 4.79 Å². The van der Waals surface area contributed by atoms with Crippen molar-refractivity contribution in [2.75, 3.05) is 6.61 Å². The highest BCUT2D eigenvalue weighted by Crippen LogP contribution is 2.23. The Morgan fingerprint density at radius 3 is 2.42 bits per heavy atom. The minimum Gasteiger partial charge on any atom is -0.394 e. The van der Waals surface area contributed by atoms with Crippen molar-refractivity contribution in [2.45, 2.75) is 31.1 Å². The van der Waals surface area contributed by atoms with Crippen molar-refractivity contribution in [2.24, 2.45) is 0 Å². The second-order valence-corrected chi connectivity index (χ2v) is 2.66. The highest BCUT2D eigenvalue weighted by molar-refractivity contribution is 5.64. The van der Waals surface area contributed by atoms with E-state index < -0.39 is 37.7 Å². The molecule has 0 aromatic heterocycles. The van der Waals surface area contributed by atoms with Crippen LogP contribution in [0.2, 0.25) is 0 Å². The smallest absolute Gasteiger partial charge is 0.154 e. The highest BCUT2D eigenvalue weighted by Gasteiger charge is 2.47. The van der Waals surface area contributed by atoms with Gasteiger partial charge in [-0.05, 0) is 13.8 Å². The topological polar surface area (TPSA) is 98.0 Å². The second-order valence-electron chi connectivity index (χ2n) is 2.66. The van der Waals surface area contributed by atoms with E-state index in [1.807, 2.05) is 0 Å². The number of aldehydes is 1. The molecule has 0 heterocycles. The van der Waals surface area contributed by atoms with Crippen LogP contribution < -0.4 is 0 Å². The Hall–Kier alpha value is -0.490. The van der Waals surface area contributed by atoms with E-state index in [1.54, 1.807) is 0 Å². The molecule has 0 aromatic rings. The molecule has 3 atom stereocenters. The van der Waals surface area contributed by atoms with Crippen LogP contribution in [0.25, 0.3) is 0 Å². The number of aliphatic hydroxyl groups is 4. The van der Waals surface area contributed by atoms with E-state index >= 15 is 0 Å². The lowest BCUT2D eigenvalue weighted by molar-refractivity contribution is -0.188. The third kappa shape index (κ3) is 1.81. The molecule has 0 rings (SSSR count). The van der Waals surface area contributed by atoms with Crippen molar-refractivity contribution in [3.05, 3.63) is 0 Å². The Balaban J connectivity index is 5.09. The molecule has 0 unspecified atom stereocenters. The van der Waals surface area contributed by atoms with Crippen LogP contribution in [-0.4, -0.2) is 50.6 Å². The van der Waals surface area contributed by atoms with Gasteiger partial charge < -0.3 is 25.2 Å². The summed E-state index contributed by atoms with van der Waals surface area (Å²) in [7, 11) is 0. The Morgan fingerprint density at radius 2 is 2.17 bits per heavy atom. The van der Waals surface area contributed by atoms with E-state index in [0.29, 0.717) is 0 Å². The summed E-state index contributed by atoms with van der Waals surface area (Å²) in [4.78, 5) is 10.5. The number of hydrogen-bond donors (Lipinski definition) is 4. The fourth-order valence-corrected chi connectivity index (χ4v) is 0.542. The van der Waals surface area contributed by atoms with E-state index in [0.717, 1.165) is 0 Å². The summed E-state index contributed by atoms with van der Waals surface area (Å²) >= 11 is 0. The van der Waals surface area contributed by atoms with Crippen molar-refractivity contribution >= 4 is 6.29 Å². The summed E-state index contributed by atoms with van der Waals surface area (Å²) in [5.41, 5.74) is -5.07. The fourth-order valence-electron chi connectivity index (χ4n) is 0.542. The maximum atomic E-state index is 10.5. The molecule has 0 fully saturated rings. The molecule has 4 N–H and O–H groups in total. The SMILES string of the molecule is [2H]C[C@](O)(C=O)[C@](O)(C[2H])[C@H](O)CO. The zero-order valence-corrected chi connectivity index (χ0v) is 6.47. The Kier molecular flexibility index (Phi) is 2.36. The van der Waals surface area contributed by atoms with E-state index in [1.165, 1.54) is 0 Å². The number of aliphatic hydroxyl groups excluding tert-OH is 2. The van der Waals surface area contributed by atoms with Crippen LogP contribution in [0, 0.1) is 0 Å². The van der Waals surface area contributed by atoms with Gasteiger partial charge in [-0.2, -0.15) is 0 Å². The average molecular weight is 180 g/mol. The van der Waals surface area contributed by atoms with E-state index in [2.05, 4.69) is 0 Å². The van der Waals surface area contributed by atoms with E-state index in [4.69, 9.17) is 13.0 Å². The van der Waals surface area contributed by atoms with Crippen molar-refractivity contribution in [1.82, 2.24) is 0 Å². The summed E-state index contributed by atoms with van der Waals surface area (Å²) in [5.74, 6) is 0. The molecule has 0 saturated heterocycles. The molecule has 0 aromatic carbocycles. The maximum Gasteiger partial charge on any atom is 0.154 e. The first kappa shape index (κ1) is 8.12. The third-order valence-electron chi connectivity index (χ3n) is 1.67. The van der Waals surface area contributed by atoms with Gasteiger partial charge in [-0.3, -0.25) is 0 Å². The van der Waals surface area contributed by atoms with Crippen molar-refractivity contribution < 1.29 is 28.0 Å². The van der Waals surface area contributed by atoms with Gasteiger partial charge in [0.1, 0.15) is 17.3 Å². The molecule has 0 radical (unpaired) electrons. The number of rotatable bonds is 4. The lowest BCUT2D eigenvalue weighted by Crippen LogP contribution is -2.59. The summed E-state index contributed by atoms with van der Waals surface area (Å²) in [5, 5.41) is 36.8. The van der Waals surface area contributed by atoms with Crippen LogP contribution in [0.1, 0.15) is 16.5 Å². The van der Waals surface area contributed by atoms with Gasteiger partial charge in [0.25, 0.3) is 0 Å². The molecule has 12 heavy (non-hydrogen) atoms. The van der Waals surface area contributed by atoms with Crippen molar-refractivity contribution in [3.8, 4) is 0 Å². The Morgan fingerprint density at radius 1 is 1.58 bits per heavy atom. The van der Waals surface area contributed by atoms with Gasteiger partial charge in [0, 0.05) is 2.74 Å². The largest absolute Gasteiger partial charge is 0.394 e. The zero-order valence-electron chi connectivity index (χ0n) is 8.47. The molecule has 5 heteroatoms. The molecule has 72 valence electrons. The molecule has 0 aliphatic carbocycles. The summed E-state index contributed by atoms with van der Waals surface area (Å²) in [6.45, 7) is -2.71. The van der Waals surface area contributed by atoms with Gasteiger partial charge in [-0.15, -0.1) is 0 Å². The summed E-state index contributed by atoms with van der Waals surface area (Å²) in [6, 6.07) is 0. The molecule has 0 aliphatic heterocycles. The minimum atomic E-state index is -2.54. The molecule has 0 spiro atoms. The molecular formula is C7H14O5. The van der Waals surface area contributed by atoms with Gasteiger partial charge in [0.15, 0.2) is 6.29 Å². The van der Waals surface area contributed by atoms with Crippen LogP contribution in [0.5, 0.6) is 0 Å². The van der Waals surface area contributed by atoms with Crippen molar-refractivity contribution in [3.63, 3.8) is 0 Å². The first-order chi connectivity index (χ1) is 6.41. The predicted molar refractivity (Wildman–Crippen MR) is 40.4 cm³/mol. The lowest BCUT2D eigenvalue weighted by Gasteiger charge is -2.37. The minimum absolute atomic E-state index is 0.104. The summed E-state index contributed by atoms with van der Waals surface area (Å²) < 4.78 is 13.8. The molecular weight excluding hydrogens is 164 g/mol. The third-order valence-corrected chi connectivity index (χ3v) is 1.67. The van der Waals surface area contributed by atoms with E-state index in [9.17, 15) is 15.0 Å². The average Bonchev–Trinajstić information content (AvgIpc) is 2.25. The quantitative estimate of drug-likeness (QED) is 0.377. The summed E-state index contributed by atoms with van der Waals surface area (Å²) in [6.07, 6.45) is -1.95.